The molecule has 0 saturated carbocycles. The number of unbranched alkanes of at least 4 members (excludes halogenated alkanes) is 1. The van der Waals surface area contributed by atoms with Crippen LogP contribution < -0.4 is 42.4 Å². The molecule has 7 rings (SSSR count). The van der Waals surface area contributed by atoms with Crippen LogP contribution in [0.5, 0.6) is 17.2 Å². The quantitative estimate of drug-likeness (QED) is 0.0280. The lowest BCUT2D eigenvalue weighted by molar-refractivity contribution is -0.249. The number of nitrogens with zero attached hydrogens (tertiary/aromatic N) is 1. The van der Waals surface area contributed by atoms with Crippen molar-refractivity contribution in [2.75, 3.05) is 33.4 Å². The van der Waals surface area contributed by atoms with Gasteiger partial charge in [0.15, 0.2) is 17.9 Å². The predicted molar refractivity (Wildman–Crippen MR) is 323 cm³/mol. The van der Waals surface area contributed by atoms with Crippen LogP contribution in [-0.4, -0.2) is 183 Å². The second-order valence-electron chi connectivity index (χ2n) is 24.6. The number of aryl methyl sites for hydroxylation is 1. The number of phenols is 2. The van der Waals surface area contributed by atoms with E-state index in [1.165, 1.54) is 44.1 Å². The van der Waals surface area contributed by atoms with Crippen LogP contribution in [0.25, 0.3) is 0 Å². The van der Waals surface area contributed by atoms with Gasteiger partial charge in [-0.25, -0.2) is 0 Å². The first-order chi connectivity index (χ1) is 42.7. The lowest BCUT2D eigenvalue weighted by Gasteiger charge is -2.43. The molecular formula is C64H86N8O18. The maximum atomic E-state index is 14.5. The Morgan fingerprint density at radius 1 is 0.789 bits per heavy atom. The standard InChI is InChI=1S/C64H86N8O18/c1-32(2)25-42(71-63(86)44-19-14-24-72(44)35(6)74)59(82)66-30-48(76)67-40(22-21-36-15-9-8-10-16-36)61(84)68-39(18-11-12-23-65)60(83)70-43(26-33(3)4)62(85)69-41-27-49(89-34(5)54(41)77)90-46-29-64(87,47(75)31-73)28-38-51(46)58(81)53-52(56(38)79)55(78)37-17-13-20-45(88-7)50(37)57(53)80/h8-10,13,15-17,20,32-34,39-44,46,49,54,73,77,79,81,87H,11-12,14,18-19,21-31,65H2,1-7H3,(H,66,82)(H,67,76)(H,68,84)(H,69,85)(H,70,83)(H,71,86)/t34-,39-,40-,41-,42-,43-,44-,46-,49-,54+,64-/m0/s1. The van der Waals surface area contributed by atoms with Crippen molar-refractivity contribution in [3.8, 4) is 17.2 Å². The number of phenolic OH excluding ortho intramolecular Hbond substituents is 2. The molecule has 0 aromatic heterocycles. The third kappa shape index (κ3) is 16.4. The summed E-state index contributed by atoms with van der Waals surface area (Å²) in [6.07, 6.45) is -4.75. The van der Waals surface area contributed by atoms with Gasteiger partial charge in [-0.3, -0.25) is 47.9 Å². The molecule has 11 atom stereocenters. The fourth-order valence-corrected chi connectivity index (χ4v) is 12.3. The molecule has 0 radical (unpaired) electrons. The highest BCUT2D eigenvalue weighted by Gasteiger charge is 2.51. The summed E-state index contributed by atoms with van der Waals surface area (Å²) in [4.78, 5) is 139. The number of carbonyl (C=O) groups is 10. The van der Waals surface area contributed by atoms with E-state index in [-0.39, 0.29) is 84.4 Å². The molecule has 0 bridgehead atoms. The number of likely N-dealkylation sites (tertiary alicyclic amines) is 1. The Morgan fingerprint density at radius 3 is 2.07 bits per heavy atom. The number of rotatable bonds is 28. The molecule has 26 nitrogen and oxygen atoms in total. The second kappa shape index (κ2) is 30.8. The smallest absolute Gasteiger partial charge is 0.243 e. The predicted octanol–water partition coefficient (Wildman–Crippen LogP) is 1.08. The first kappa shape index (κ1) is 69.6. The Balaban J connectivity index is 1.07. The lowest BCUT2D eigenvalue weighted by Crippen LogP contribution is -2.60. The van der Waals surface area contributed by atoms with E-state index in [0.29, 0.717) is 38.6 Å². The topological polar surface area (TPSA) is 401 Å². The Morgan fingerprint density at radius 2 is 1.43 bits per heavy atom. The molecule has 4 aliphatic rings. The lowest BCUT2D eigenvalue weighted by atomic mass is 9.72. The van der Waals surface area contributed by atoms with E-state index in [4.69, 9.17) is 19.9 Å². The Labute approximate surface area is 522 Å². The molecule has 2 heterocycles. The van der Waals surface area contributed by atoms with Crippen molar-refractivity contribution in [3.63, 3.8) is 0 Å². The van der Waals surface area contributed by atoms with E-state index in [1.54, 1.807) is 13.8 Å². The van der Waals surface area contributed by atoms with Crippen LogP contribution in [0, 0.1) is 11.8 Å². The summed E-state index contributed by atoms with van der Waals surface area (Å²) in [5.74, 6) is -9.16. The van der Waals surface area contributed by atoms with Crippen LogP contribution in [0.4, 0.5) is 0 Å². The molecule has 2 aliphatic heterocycles. The van der Waals surface area contributed by atoms with E-state index in [2.05, 4.69) is 31.9 Å². The summed E-state index contributed by atoms with van der Waals surface area (Å²) in [5, 5.41) is 73.7. The van der Waals surface area contributed by atoms with E-state index in [0.717, 1.165) is 5.56 Å². The van der Waals surface area contributed by atoms with Gasteiger partial charge in [0.05, 0.1) is 48.6 Å². The number of hydrogen-bond acceptors (Lipinski definition) is 19. The number of ether oxygens (including phenoxy) is 3. The molecule has 0 unspecified atom stereocenters. The van der Waals surface area contributed by atoms with Crippen molar-refractivity contribution in [3.05, 3.63) is 87.5 Å². The summed E-state index contributed by atoms with van der Waals surface area (Å²) < 4.78 is 17.8. The number of ketones is 3. The highest BCUT2D eigenvalue weighted by molar-refractivity contribution is 6.31. The summed E-state index contributed by atoms with van der Waals surface area (Å²) >= 11 is 0. The van der Waals surface area contributed by atoms with Gasteiger partial charge in [-0.1, -0.05) is 70.2 Å². The van der Waals surface area contributed by atoms with E-state index in [9.17, 15) is 73.5 Å². The zero-order valence-electron chi connectivity index (χ0n) is 51.9. The highest BCUT2D eigenvalue weighted by atomic mass is 16.7. The number of carbonyl (C=O) groups excluding carboxylic acids is 10. The number of benzene rings is 3. The molecule has 7 amide bonds. The van der Waals surface area contributed by atoms with E-state index >= 15 is 0 Å². The fraction of sp³-hybridized carbons (Fsp3) is 0.562. The van der Waals surface area contributed by atoms with E-state index in [1.807, 2.05) is 44.2 Å². The Hall–Kier alpha value is -7.88. The van der Waals surface area contributed by atoms with Crippen molar-refractivity contribution >= 4 is 58.7 Å². The number of fused-ring (bicyclic) bond motifs is 3. The molecule has 90 heavy (non-hydrogen) atoms. The molecule has 3 aromatic carbocycles. The van der Waals surface area contributed by atoms with Crippen molar-refractivity contribution in [2.24, 2.45) is 17.6 Å². The first-order valence-electron chi connectivity index (χ1n) is 30.7. The van der Waals surface area contributed by atoms with Crippen molar-refractivity contribution < 1.29 is 87.7 Å². The van der Waals surface area contributed by atoms with Crippen LogP contribution in [-0.2, 0) is 60.7 Å². The van der Waals surface area contributed by atoms with Crippen molar-refractivity contribution in [1.82, 2.24) is 36.8 Å². The Bertz CT molecular complexity index is 3180. The zero-order valence-corrected chi connectivity index (χ0v) is 51.9. The van der Waals surface area contributed by atoms with Gasteiger partial charge < -0.3 is 82.3 Å². The third-order valence-electron chi connectivity index (χ3n) is 16.9. The normalized spacial score (nSPS) is 22.4. The number of Topliss-reactive ketones (excluding diaryl/α,β-unsaturated/α-hetero) is 1. The summed E-state index contributed by atoms with van der Waals surface area (Å²) in [6.45, 7) is 9.10. The molecule has 3 aromatic rings. The molecule has 2 fully saturated rings. The van der Waals surface area contributed by atoms with Gasteiger partial charge in [0, 0.05) is 49.4 Å². The minimum atomic E-state index is -2.46. The average Bonchev–Trinajstić information content (AvgIpc) is 0.766. The summed E-state index contributed by atoms with van der Waals surface area (Å²) in [5.41, 5.74) is 2.11. The van der Waals surface area contributed by atoms with E-state index < -0.39 is 168 Å². The minimum Gasteiger partial charge on any atom is -0.507 e. The van der Waals surface area contributed by atoms with Crippen molar-refractivity contribution in [1.29, 1.82) is 0 Å². The molecule has 490 valence electrons. The van der Waals surface area contributed by atoms with Gasteiger partial charge >= 0.3 is 0 Å². The number of aliphatic hydroxyl groups excluding tert-OH is 2. The molecule has 26 heteroatoms. The van der Waals surface area contributed by atoms with Crippen LogP contribution in [0.1, 0.15) is 160 Å². The SMILES string of the molecule is COc1cccc2c1C(=O)c1c(O)c3c(c(O)c1C2=O)C[C@@](O)(C(=O)CO)C[C@@H]3O[C@H]1C[C@H](NC(=O)[C@H](CC(C)C)NC(=O)[C@H](CCCCN)NC(=O)[C@H](CCc2ccccc2)NC(=O)CNC(=O)[C@H](CC(C)C)NC(=O)[C@@H]2CCCN2C(C)=O)[C@H](O)[C@H](C)O1. The monoisotopic (exact) mass is 1250 g/mol. The van der Waals surface area contributed by atoms with Crippen LogP contribution in [0.15, 0.2) is 48.5 Å². The van der Waals surface area contributed by atoms with Gasteiger partial charge in [-0.05, 0) is 94.7 Å². The number of aromatic hydroxyl groups is 2. The maximum Gasteiger partial charge on any atom is 0.243 e. The molecule has 0 spiro atoms. The molecule has 2 saturated heterocycles. The Kier molecular flexibility index (Phi) is 23.8. The number of hydrogen-bond donors (Lipinski definition) is 12. The summed E-state index contributed by atoms with van der Waals surface area (Å²) in [7, 11) is 1.28. The number of methoxy groups -OCH3 is 1. The largest absolute Gasteiger partial charge is 0.507 e. The maximum absolute atomic E-state index is 14.5. The molecule has 2 aliphatic carbocycles. The second-order valence-corrected chi connectivity index (χ2v) is 24.6. The van der Waals surface area contributed by atoms with Gasteiger partial charge in [-0.2, -0.15) is 0 Å². The number of nitrogens with two attached hydrogens (primary N) is 1. The minimum absolute atomic E-state index is 0.00854. The van der Waals surface area contributed by atoms with Crippen LogP contribution in [0.3, 0.4) is 0 Å². The van der Waals surface area contributed by atoms with Gasteiger partial charge in [0.2, 0.25) is 47.1 Å². The summed E-state index contributed by atoms with van der Waals surface area (Å²) in [6, 6.07) is 6.55. The number of amides is 7. The van der Waals surface area contributed by atoms with Gasteiger partial charge in [0.1, 0.15) is 65.8 Å². The van der Waals surface area contributed by atoms with Gasteiger partial charge in [0.25, 0.3) is 0 Å². The molecular weight excluding hydrogens is 1170 g/mol. The number of nitrogens with one attached hydrogen (secondary N) is 6. The third-order valence-corrected chi connectivity index (χ3v) is 16.9. The zero-order chi connectivity index (χ0) is 65.9. The average molecular weight is 1260 g/mol. The highest BCUT2D eigenvalue weighted by Crippen LogP contribution is 2.52. The van der Waals surface area contributed by atoms with Crippen LogP contribution >= 0.6 is 0 Å². The van der Waals surface area contributed by atoms with Gasteiger partial charge in [-0.15, -0.1) is 0 Å². The molecule has 13 N–H and O–H groups in total. The number of aliphatic hydroxyl groups is 3. The van der Waals surface area contributed by atoms with Crippen LogP contribution in [0.2, 0.25) is 0 Å². The van der Waals surface area contributed by atoms with Crippen molar-refractivity contribution in [2.45, 2.75) is 185 Å². The fourth-order valence-electron chi connectivity index (χ4n) is 12.3. The first-order valence-corrected chi connectivity index (χ1v) is 30.7.